The van der Waals surface area contributed by atoms with Gasteiger partial charge < -0.3 is 15.2 Å². The zero-order valence-corrected chi connectivity index (χ0v) is 12.3. The van der Waals surface area contributed by atoms with E-state index in [0.717, 1.165) is 0 Å². The number of nitrogens with one attached hydrogen (secondary N) is 1. The number of rotatable bonds is 5. The minimum Gasteiger partial charge on any atom is -0.480 e. The molecule has 20 heavy (non-hydrogen) atoms. The third-order valence-corrected chi connectivity index (χ3v) is 2.82. The summed E-state index contributed by atoms with van der Waals surface area (Å²) in [5, 5.41) is 12.4. The van der Waals surface area contributed by atoms with Crippen LogP contribution in [0.15, 0.2) is 30.3 Å². The molecule has 0 aromatic heterocycles. The lowest BCUT2D eigenvalue weighted by Gasteiger charge is -2.31. The molecule has 0 unspecified atom stereocenters. The zero-order valence-electron chi connectivity index (χ0n) is 12.3. The molecule has 0 radical (unpaired) electrons. The Morgan fingerprint density at radius 3 is 2.15 bits per heavy atom. The summed E-state index contributed by atoms with van der Waals surface area (Å²) >= 11 is 0. The molecule has 0 heterocycles. The highest BCUT2D eigenvalue weighted by Gasteiger charge is 2.50. The van der Waals surface area contributed by atoms with Crippen LogP contribution >= 0.6 is 0 Å². The van der Waals surface area contributed by atoms with Crippen molar-refractivity contribution in [3.8, 4) is 0 Å². The highest BCUT2D eigenvalue weighted by molar-refractivity contribution is 6.06. The Kier molecular flexibility index (Phi) is 4.89. The van der Waals surface area contributed by atoms with E-state index in [4.69, 9.17) is 4.74 Å². The van der Waals surface area contributed by atoms with Gasteiger partial charge in [-0.1, -0.05) is 30.3 Å². The van der Waals surface area contributed by atoms with Gasteiger partial charge in [0, 0.05) is 6.54 Å². The fraction of sp³-hybridized carbons (Fsp3) is 0.467. The molecule has 1 aromatic rings. The van der Waals surface area contributed by atoms with Gasteiger partial charge in [0.15, 0.2) is 0 Å². The molecule has 0 aliphatic carbocycles. The van der Waals surface area contributed by atoms with E-state index in [1.807, 2.05) is 0 Å². The standard InChI is InChI=1S/C15H21NO4/c1-14(2,3)20-13(19)15(10-16-4,12(17)18)11-8-6-5-7-9-11/h5-9,16H,10H2,1-4H3,(H,17,18)/t15-/m0/s1. The lowest BCUT2D eigenvalue weighted by atomic mass is 9.80. The Morgan fingerprint density at radius 2 is 1.75 bits per heavy atom. The van der Waals surface area contributed by atoms with Crippen LogP contribution in [0.2, 0.25) is 0 Å². The average molecular weight is 279 g/mol. The van der Waals surface area contributed by atoms with E-state index in [9.17, 15) is 14.7 Å². The second-order valence-electron chi connectivity index (χ2n) is 5.61. The van der Waals surface area contributed by atoms with Gasteiger partial charge >= 0.3 is 11.9 Å². The first-order valence-electron chi connectivity index (χ1n) is 6.41. The number of esters is 1. The molecule has 110 valence electrons. The summed E-state index contributed by atoms with van der Waals surface area (Å²) in [6.45, 7) is 5.09. The van der Waals surface area contributed by atoms with Crippen LogP contribution in [0.5, 0.6) is 0 Å². The summed E-state index contributed by atoms with van der Waals surface area (Å²) in [5.41, 5.74) is -2.10. The van der Waals surface area contributed by atoms with Crippen LogP contribution in [-0.4, -0.2) is 36.2 Å². The highest BCUT2D eigenvalue weighted by Crippen LogP contribution is 2.28. The van der Waals surface area contributed by atoms with Crippen molar-refractivity contribution in [1.29, 1.82) is 0 Å². The molecule has 0 aliphatic rings. The maximum absolute atomic E-state index is 12.5. The number of ether oxygens (including phenoxy) is 1. The smallest absolute Gasteiger partial charge is 0.329 e. The van der Waals surface area contributed by atoms with Crippen molar-refractivity contribution in [2.45, 2.75) is 31.8 Å². The predicted octanol–water partition coefficient (Wildman–Crippen LogP) is 1.57. The molecule has 0 bridgehead atoms. The Balaban J connectivity index is 3.33. The minimum absolute atomic E-state index is 0.0404. The third kappa shape index (κ3) is 3.36. The average Bonchev–Trinajstić information content (AvgIpc) is 2.34. The monoisotopic (exact) mass is 279 g/mol. The summed E-state index contributed by atoms with van der Waals surface area (Å²) in [6.07, 6.45) is 0. The van der Waals surface area contributed by atoms with Gasteiger partial charge in [-0.3, -0.25) is 9.59 Å². The van der Waals surface area contributed by atoms with Gasteiger partial charge in [0.2, 0.25) is 5.41 Å². The summed E-state index contributed by atoms with van der Waals surface area (Å²) in [6, 6.07) is 8.41. The number of carboxylic acids is 1. The molecule has 0 aliphatic heterocycles. The number of aliphatic carboxylic acids is 1. The number of carbonyl (C=O) groups is 2. The van der Waals surface area contributed by atoms with Crippen molar-refractivity contribution in [3.05, 3.63) is 35.9 Å². The van der Waals surface area contributed by atoms with Crippen LogP contribution in [-0.2, 0) is 19.7 Å². The van der Waals surface area contributed by atoms with E-state index >= 15 is 0 Å². The van der Waals surface area contributed by atoms with Gasteiger partial charge in [-0.2, -0.15) is 0 Å². The first-order valence-corrected chi connectivity index (χ1v) is 6.41. The van der Waals surface area contributed by atoms with Crippen LogP contribution < -0.4 is 5.32 Å². The molecular weight excluding hydrogens is 258 g/mol. The van der Waals surface area contributed by atoms with Gasteiger partial charge in [-0.15, -0.1) is 0 Å². The molecule has 1 rings (SSSR count). The molecule has 1 aromatic carbocycles. The molecule has 0 saturated heterocycles. The van der Waals surface area contributed by atoms with Crippen molar-refractivity contribution in [2.75, 3.05) is 13.6 Å². The van der Waals surface area contributed by atoms with E-state index in [-0.39, 0.29) is 6.54 Å². The van der Waals surface area contributed by atoms with E-state index in [0.29, 0.717) is 5.56 Å². The van der Waals surface area contributed by atoms with Crippen LogP contribution in [0.25, 0.3) is 0 Å². The second-order valence-corrected chi connectivity index (χ2v) is 5.61. The normalized spacial score (nSPS) is 14.4. The lowest BCUT2D eigenvalue weighted by Crippen LogP contribution is -2.53. The summed E-state index contributed by atoms with van der Waals surface area (Å²) in [4.78, 5) is 24.3. The number of hydrogen-bond acceptors (Lipinski definition) is 4. The maximum atomic E-state index is 12.5. The Morgan fingerprint density at radius 1 is 1.20 bits per heavy atom. The summed E-state index contributed by atoms with van der Waals surface area (Å²) in [7, 11) is 1.60. The van der Waals surface area contributed by atoms with Gasteiger partial charge in [-0.05, 0) is 33.4 Å². The highest BCUT2D eigenvalue weighted by atomic mass is 16.6. The van der Waals surface area contributed by atoms with Crippen LogP contribution in [0.4, 0.5) is 0 Å². The van der Waals surface area contributed by atoms with Crippen molar-refractivity contribution in [2.24, 2.45) is 0 Å². The Hall–Kier alpha value is -1.88. The van der Waals surface area contributed by atoms with Gasteiger partial charge in [0.05, 0.1) is 0 Å². The number of carboxylic acid groups (broad SMARTS) is 1. The minimum atomic E-state index is -1.75. The van der Waals surface area contributed by atoms with Crippen LogP contribution in [0.3, 0.4) is 0 Å². The molecule has 1 atom stereocenters. The van der Waals surface area contributed by atoms with Crippen molar-refractivity contribution in [1.82, 2.24) is 5.32 Å². The predicted molar refractivity (Wildman–Crippen MR) is 75.5 cm³/mol. The van der Waals surface area contributed by atoms with Crippen LogP contribution in [0, 0.1) is 0 Å². The molecule has 5 heteroatoms. The number of carbonyl (C=O) groups excluding carboxylic acids is 1. The van der Waals surface area contributed by atoms with Crippen molar-refractivity contribution < 1.29 is 19.4 Å². The number of likely N-dealkylation sites (N-methyl/N-ethyl adjacent to an activating group) is 1. The SMILES string of the molecule is CNC[C@](C(=O)O)(C(=O)OC(C)(C)C)c1ccccc1. The Bertz CT molecular complexity index is 478. The molecule has 5 nitrogen and oxygen atoms in total. The Labute approximate surface area is 118 Å². The largest absolute Gasteiger partial charge is 0.480 e. The van der Waals surface area contributed by atoms with E-state index in [1.54, 1.807) is 58.2 Å². The summed E-state index contributed by atoms with van der Waals surface area (Å²) in [5.74, 6) is -2.00. The molecule has 0 spiro atoms. The zero-order chi connectivity index (χ0) is 15.4. The third-order valence-electron chi connectivity index (χ3n) is 2.82. The van der Waals surface area contributed by atoms with Crippen LogP contribution in [0.1, 0.15) is 26.3 Å². The molecule has 0 fully saturated rings. The number of hydrogen-bond donors (Lipinski definition) is 2. The van der Waals surface area contributed by atoms with Crippen molar-refractivity contribution >= 4 is 11.9 Å². The number of benzene rings is 1. The summed E-state index contributed by atoms with van der Waals surface area (Å²) < 4.78 is 5.31. The van der Waals surface area contributed by atoms with E-state index in [2.05, 4.69) is 5.32 Å². The fourth-order valence-electron chi connectivity index (χ4n) is 1.93. The van der Waals surface area contributed by atoms with Gasteiger partial charge in [0.1, 0.15) is 5.60 Å². The first kappa shape index (κ1) is 16.2. The first-order chi connectivity index (χ1) is 9.24. The topological polar surface area (TPSA) is 75.6 Å². The molecular formula is C15H21NO4. The lowest BCUT2D eigenvalue weighted by molar-refractivity contribution is -0.169. The fourth-order valence-corrected chi connectivity index (χ4v) is 1.93. The quantitative estimate of drug-likeness (QED) is 0.632. The maximum Gasteiger partial charge on any atom is 0.329 e. The van der Waals surface area contributed by atoms with Crippen molar-refractivity contribution in [3.63, 3.8) is 0 Å². The molecule has 0 amide bonds. The van der Waals surface area contributed by atoms with Gasteiger partial charge in [0.25, 0.3) is 0 Å². The molecule has 0 saturated carbocycles. The second kappa shape index (κ2) is 6.05. The van der Waals surface area contributed by atoms with E-state index in [1.165, 1.54) is 0 Å². The van der Waals surface area contributed by atoms with E-state index < -0.39 is 23.0 Å². The van der Waals surface area contributed by atoms with Gasteiger partial charge in [-0.25, -0.2) is 0 Å². The molecule has 2 N–H and O–H groups in total.